The summed E-state index contributed by atoms with van der Waals surface area (Å²) in [6.07, 6.45) is 0.0283. The number of benzene rings is 1. The third kappa shape index (κ3) is 3.69. The molecule has 2 amide bonds. The molecule has 0 aromatic heterocycles. The van der Waals surface area contributed by atoms with Gasteiger partial charge in [0.15, 0.2) is 0 Å². The molecule has 2 N–H and O–H groups in total. The Morgan fingerprint density at radius 3 is 2.64 bits per heavy atom. The van der Waals surface area contributed by atoms with E-state index in [1.165, 1.54) is 0 Å². The second-order valence-corrected chi connectivity index (χ2v) is 4.95. The lowest BCUT2D eigenvalue weighted by molar-refractivity contribution is -0.127. The number of carbonyl (C=O) groups excluding carboxylic acids is 2. The third-order valence-electron chi connectivity index (χ3n) is 3.41. The van der Waals surface area contributed by atoms with Gasteiger partial charge in [-0.2, -0.15) is 10.2 Å². The lowest BCUT2D eigenvalue weighted by Gasteiger charge is -2.07. The first-order valence-electron chi connectivity index (χ1n) is 6.83. The molecule has 0 saturated carbocycles. The van der Waals surface area contributed by atoms with Gasteiger partial charge in [0.1, 0.15) is 5.75 Å². The minimum Gasteiger partial charge on any atom is -0.497 e. The predicted octanol–water partition coefficient (Wildman–Crippen LogP) is 1.05. The van der Waals surface area contributed by atoms with Gasteiger partial charge in [-0.1, -0.05) is 0 Å². The largest absolute Gasteiger partial charge is 0.497 e. The molecule has 0 bridgehead atoms. The fourth-order valence-corrected chi connectivity index (χ4v) is 2.00. The highest BCUT2D eigenvalue weighted by Gasteiger charge is 2.29. The Morgan fingerprint density at radius 2 is 2.09 bits per heavy atom. The molecule has 1 aromatic carbocycles. The minimum atomic E-state index is -0.517. The van der Waals surface area contributed by atoms with Crippen molar-refractivity contribution in [3.8, 4) is 5.75 Å². The van der Waals surface area contributed by atoms with E-state index in [0.29, 0.717) is 11.4 Å². The standard InChI is InChI=1S/C15H18N4O3/c1-9(11-4-6-12(22-3)7-5-11)16-18-14(20)8-13-10(2)17-19-15(13)21/h4-7,13H,8H2,1-3H3,(H,18,20)(H,19,21)/b16-9-. The van der Waals surface area contributed by atoms with Crippen molar-refractivity contribution in [2.45, 2.75) is 20.3 Å². The lowest BCUT2D eigenvalue weighted by Crippen LogP contribution is -2.29. The highest BCUT2D eigenvalue weighted by atomic mass is 16.5. The highest BCUT2D eigenvalue weighted by molar-refractivity contribution is 6.09. The maximum absolute atomic E-state index is 11.9. The smallest absolute Gasteiger partial charge is 0.249 e. The summed E-state index contributed by atoms with van der Waals surface area (Å²) in [5.74, 6) is -0.355. The molecular weight excluding hydrogens is 284 g/mol. The van der Waals surface area contributed by atoms with Gasteiger partial charge in [-0.05, 0) is 43.7 Å². The third-order valence-corrected chi connectivity index (χ3v) is 3.41. The van der Waals surface area contributed by atoms with Crippen molar-refractivity contribution in [3.63, 3.8) is 0 Å². The van der Waals surface area contributed by atoms with Crippen LogP contribution in [0, 0.1) is 5.92 Å². The Kier molecular flexibility index (Phi) is 4.88. The number of amides is 2. The summed E-state index contributed by atoms with van der Waals surface area (Å²) in [6, 6.07) is 7.34. The molecule has 0 saturated heterocycles. The molecule has 22 heavy (non-hydrogen) atoms. The van der Waals surface area contributed by atoms with Crippen LogP contribution in [-0.2, 0) is 9.59 Å². The number of methoxy groups -OCH3 is 1. The van der Waals surface area contributed by atoms with E-state index in [1.807, 2.05) is 24.3 Å². The molecule has 1 aromatic rings. The normalized spacial score (nSPS) is 17.8. The molecule has 116 valence electrons. The van der Waals surface area contributed by atoms with Crippen LogP contribution in [0.15, 0.2) is 34.5 Å². The van der Waals surface area contributed by atoms with Crippen LogP contribution in [0.1, 0.15) is 25.8 Å². The van der Waals surface area contributed by atoms with E-state index in [2.05, 4.69) is 21.1 Å². The summed E-state index contributed by atoms with van der Waals surface area (Å²) in [6.45, 7) is 3.50. The van der Waals surface area contributed by atoms with E-state index >= 15 is 0 Å². The molecule has 0 fully saturated rings. The van der Waals surface area contributed by atoms with Gasteiger partial charge in [-0.25, -0.2) is 10.9 Å². The molecule has 1 heterocycles. The number of carbonyl (C=O) groups is 2. The number of ether oxygens (including phenoxy) is 1. The van der Waals surface area contributed by atoms with Crippen LogP contribution in [-0.4, -0.2) is 30.3 Å². The van der Waals surface area contributed by atoms with Crippen LogP contribution in [0.5, 0.6) is 5.75 Å². The summed E-state index contributed by atoms with van der Waals surface area (Å²) in [4.78, 5) is 23.3. The lowest BCUT2D eigenvalue weighted by atomic mass is 10.0. The van der Waals surface area contributed by atoms with Crippen molar-refractivity contribution in [3.05, 3.63) is 29.8 Å². The van der Waals surface area contributed by atoms with Crippen molar-refractivity contribution in [1.29, 1.82) is 0 Å². The van der Waals surface area contributed by atoms with Crippen molar-refractivity contribution in [2.75, 3.05) is 7.11 Å². The predicted molar refractivity (Wildman–Crippen MR) is 82.7 cm³/mol. The first-order chi connectivity index (χ1) is 10.5. The quantitative estimate of drug-likeness (QED) is 0.629. The van der Waals surface area contributed by atoms with Crippen LogP contribution < -0.4 is 15.6 Å². The molecular formula is C15H18N4O3. The average molecular weight is 302 g/mol. The Hall–Kier alpha value is -2.70. The first kappa shape index (κ1) is 15.7. The first-order valence-corrected chi connectivity index (χ1v) is 6.83. The van der Waals surface area contributed by atoms with Crippen molar-refractivity contribution in [1.82, 2.24) is 10.9 Å². The van der Waals surface area contributed by atoms with Crippen molar-refractivity contribution in [2.24, 2.45) is 16.1 Å². The molecule has 1 aliphatic rings. The van der Waals surface area contributed by atoms with Gasteiger partial charge in [0.05, 0.1) is 18.7 Å². The van der Waals surface area contributed by atoms with Crippen molar-refractivity contribution < 1.29 is 14.3 Å². The number of hydrogen-bond acceptors (Lipinski definition) is 5. The summed E-state index contributed by atoms with van der Waals surface area (Å²) < 4.78 is 5.08. The van der Waals surface area contributed by atoms with Crippen LogP contribution in [0.3, 0.4) is 0 Å². The van der Waals surface area contributed by atoms with Crippen LogP contribution in [0.4, 0.5) is 0 Å². The Balaban J connectivity index is 1.93. The Morgan fingerprint density at radius 1 is 1.41 bits per heavy atom. The maximum atomic E-state index is 11.9. The molecule has 1 aliphatic heterocycles. The number of hydrazone groups is 2. The second-order valence-electron chi connectivity index (χ2n) is 4.95. The Bertz CT molecular complexity index is 635. The number of nitrogens with zero attached hydrogens (tertiary/aromatic N) is 2. The van der Waals surface area contributed by atoms with Crippen molar-refractivity contribution >= 4 is 23.2 Å². The molecule has 0 spiro atoms. The maximum Gasteiger partial charge on any atom is 0.249 e. The summed E-state index contributed by atoms with van der Waals surface area (Å²) in [5, 5.41) is 7.85. The molecule has 1 unspecified atom stereocenters. The molecule has 7 nitrogen and oxygen atoms in total. The van der Waals surface area contributed by atoms with Gasteiger partial charge in [0.25, 0.3) is 0 Å². The molecule has 2 rings (SSSR count). The van der Waals surface area contributed by atoms with Gasteiger partial charge in [-0.3, -0.25) is 9.59 Å². The van der Waals surface area contributed by atoms with E-state index in [1.54, 1.807) is 21.0 Å². The van der Waals surface area contributed by atoms with E-state index < -0.39 is 5.92 Å². The summed E-state index contributed by atoms with van der Waals surface area (Å²) in [5.41, 5.74) is 6.95. The average Bonchev–Trinajstić information content (AvgIpc) is 2.84. The van der Waals surface area contributed by atoms with Gasteiger partial charge in [0, 0.05) is 12.1 Å². The van der Waals surface area contributed by atoms with Crippen LogP contribution in [0.2, 0.25) is 0 Å². The minimum absolute atomic E-state index is 0.0283. The fraction of sp³-hybridized carbons (Fsp3) is 0.333. The molecule has 0 radical (unpaired) electrons. The second kappa shape index (κ2) is 6.84. The fourth-order valence-electron chi connectivity index (χ4n) is 2.00. The monoisotopic (exact) mass is 302 g/mol. The number of nitrogens with one attached hydrogen (secondary N) is 2. The topological polar surface area (TPSA) is 92.1 Å². The van der Waals surface area contributed by atoms with Gasteiger partial charge in [-0.15, -0.1) is 0 Å². The van der Waals surface area contributed by atoms with Gasteiger partial charge >= 0.3 is 0 Å². The zero-order valence-corrected chi connectivity index (χ0v) is 12.7. The summed E-state index contributed by atoms with van der Waals surface area (Å²) >= 11 is 0. The SMILES string of the molecule is COc1ccc(/C(C)=N\NC(=O)CC2C(=O)NN=C2C)cc1. The summed E-state index contributed by atoms with van der Waals surface area (Å²) in [7, 11) is 1.60. The van der Waals surface area contributed by atoms with Crippen LogP contribution in [0.25, 0.3) is 0 Å². The Labute approximate surface area is 128 Å². The van der Waals surface area contributed by atoms with E-state index in [4.69, 9.17) is 4.74 Å². The van der Waals surface area contributed by atoms with Gasteiger partial charge < -0.3 is 4.74 Å². The molecule has 7 heteroatoms. The number of rotatable bonds is 5. The zero-order chi connectivity index (χ0) is 16.1. The molecule has 0 aliphatic carbocycles. The number of hydrogen-bond donors (Lipinski definition) is 2. The van der Waals surface area contributed by atoms with E-state index in [0.717, 1.165) is 11.3 Å². The highest BCUT2D eigenvalue weighted by Crippen LogP contribution is 2.13. The molecule has 1 atom stereocenters. The van der Waals surface area contributed by atoms with E-state index in [9.17, 15) is 9.59 Å². The van der Waals surface area contributed by atoms with E-state index in [-0.39, 0.29) is 18.2 Å². The van der Waals surface area contributed by atoms with Gasteiger partial charge in [0.2, 0.25) is 11.8 Å². The zero-order valence-electron chi connectivity index (χ0n) is 12.7. The van der Waals surface area contributed by atoms with Crippen LogP contribution >= 0.6 is 0 Å².